The van der Waals surface area contributed by atoms with E-state index in [0.29, 0.717) is 11.1 Å². The average Bonchev–Trinajstić information content (AvgIpc) is 2.45. The van der Waals surface area contributed by atoms with Crippen LogP contribution in [0.25, 0.3) is 0 Å². The van der Waals surface area contributed by atoms with Gasteiger partial charge < -0.3 is 5.11 Å². The van der Waals surface area contributed by atoms with Gasteiger partial charge in [-0.1, -0.05) is 30.0 Å². The molecule has 94 valence electrons. The molecule has 0 fully saturated rings. The molecule has 4 nitrogen and oxygen atoms in total. The first-order valence-corrected chi connectivity index (χ1v) is 5.66. The third-order valence-electron chi connectivity index (χ3n) is 2.56. The second-order valence-corrected chi connectivity index (χ2v) is 3.88. The third-order valence-corrected chi connectivity index (χ3v) is 2.56. The summed E-state index contributed by atoms with van der Waals surface area (Å²) >= 11 is 0. The number of hydrogen-bond acceptors (Lipinski definition) is 3. The fourth-order valence-corrected chi connectivity index (χ4v) is 1.60. The lowest BCUT2D eigenvalue weighted by Gasteiger charge is -1.99. The quantitative estimate of drug-likeness (QED) is 0.508. The van der Waals surface area contributed by atoms with Crippen LogP contribution in [0.15, 0.2) is 48.5 Å². The van der Waals surface area contributed by atoms with Gasteiger partial charge in [0.15, 0.2) is 0 Å². The highest BCUT2D eigenvalue weighted by molar-refractivity contribution is 5.54. The summed E-state index contributed by atoms with van der Waals surface area (Å²) in [7, 11) is 0. The minimum absolute atomic E-state index is 0.0550. The smallest absolute Gasteiger partial charge is 0.284 e. The fourth-order valence-electron chi connectivity index (χ4n) is 1.60. The van der Waals surface area contributed by atoms with E-state index in [2.05, 4.69) is 11.8 Å². The molecule has 0 heterocycles. The van der Waals surface area contributed by atoms with Crippen molar-refractivity contribution in [3.8, 4) is 11.8 Å². The van der Waals surface area contributed by atoms with Gasteiger partial charge in [0, 0.05) is 11.6 Å². The maximum atomic E-state index is 10.9. The van der Waals surface area contributed by atoms with Crippen molar-refractivity contribution in [1.82, 2.24) is 0 Å². The lowest BCUT2D eigenvalue weighted by Crippen LogP contribution is -1.94. The molecule has 0 bridgehead atoms. The first-order valence-electron chi connectivity index (χ1n) is 5.66. The molecule has 0 saturated heterocycles. The molecule has 4 heteroatoms. The van der Waals surface area contributed by atoms with Gasteiger partial charge in [-0.25, -0.2) is 0 Å². The predicted molar refractivity (Wildman–Crippen MR) is 71.4 cm³/mol. The molecule has 0 aliphatic carbocycles. The first kappa shape index (κ1) is 12.8. The molecule has 2 aromatic rings. The van der Waals surface area contributed by atoms with Gasteiger partial charge in [-0.2, -0.15) is 0 Å². The number of nitro groups is 1. The van der Waals surface area contributed by atoms with Gasteiger partial charge in [0.05, 0.1) is 11.5 Å². The Morgan fingerprint density at radius 1 is 1.11 bits per heavy atom. The standard InChI is InChI=1S/C15H11NO3/c17-11-13-7-9-15(16(18)19)14(10-13)8-6-12-4-2-1-3-5-12/h1-5,7,9-10,17H,11H2. The Balaban J connectivity index is 2.44. The molecular formula is C15H11NO3. The van der Waals surface area contributed by atoms with Crippen molar-refractivity contribution in [2.45, 2.75) is 6.61 Å². The molecule has 0 aromatic heterocycles. The number of nitrogens with zero attached hydrogens (tertiary/aromatic N) is 1. The summed E-state index contributed by atoms with van der Waals surface area (Å²) in [6, 6.07) is 13.6. The van der Waals surface area contributed by atoms with Crippen LogP contribution in [0.5, 0.6) is 0 Å². The highest BCUT2D eigenvalue weighted by atomic mass is 16.6. The zero-order valence-electron chi connectivity index (χ0n) is 10.0. The Hall–Kier alpha value is -2.64. The summed E-state index contributed by atoms with van der Waals surface area (Å²) in [4.78, 5) is 10.4. The molecule has 0 aliphatic rings. The van der Waals surface area contributed by atoms with Gasteiger partial charge >= 0.3 is 0 Å². The highest BCUT2D eigenvalue weighted by Gasteiger charge is 2.11. The fraction of sp³-hybridized carbons (Fsp3) is 0.0667. The van der Waals surface area contributed by atoms with E-state index in [1.165, 1.54) is 18.2 Å². The van der Waals surface area contributed by atoms with Gasteiger partial charge in [-0.05, 0) is 29.8 Å². The van der Waals surface area contributed by atoms with Gasteiger partial charge in [0.25, 0.3) is 5.69 Å². The predicted octanol–water partition coefficient (Wildman–Crippen LogP) is 2.49. The molecule has 0 radical (unpaired) electrons. The average molecular weight is 253 g/mol. The molecule has 0 amide bonds. The summed E-state index contributed by atoms with van der Waals surface area (Å²) in [5.41, 5.74) is 1.63. The van der Waals surface area contributed by atoms with Crippen molar-refractivity contribution in [2.24, 2.45) is 0 Å². The molecule has 0 unspecified atom stereocenters. The zero-order chi connectivity index (χ0) is 13.7. The van der Waals surface area contributed by atoms with Crippen molar-refractivity contribution in [2.75, 3.05) is 0 Å². The monoisotopic (exact) mass is 253 g/mol. The van der Waals surface area contributed by atoms with E-state index in [1.807, 2.05) is 30.3 Å². The van der Waals surface area contributed by atoms with E-state index in [-0.39, 0.29) is 12.3 Å². The number of benzene rings is 2. The molecule has 2 aromatic carbocycles. The molecule has 19 heavy (non-hydrogen) atoms. The van der Waals surface area contributed by atoms with E-state index in [0.717, 1.165) is 5.56 Å². The van der Waals surface area contributed by atoms with Crippen LogP contribution in [0.3, 0.4) is 0 Å². The second kappa shape index (κ2) is 5.80. The van der Waals surface area contributed by atoms with E-state index in [9.17, 15) is 10.1 Å². The lowest BCUT2D eigenvalue weighted by molar-refractivity contribution is -0.385. The number of aliphatic hydroxyl groups is 1. The van der Waals surface area contributed by atoms with Gasteiger partial charge in [0.1, 0.15) is 5.56 Å². The Morgan fingerprint density at radius 2 is 1.84 bits per heavy atom. The Morgan fingerprint density at radius 3 is 2.47 bits per heavy atom. The number of nitro benzene ring substituents is 1. The molecule has 0 saturated carbocycles. The lowest BCUT2D eigenvalue weighted by atomic mass is 10.1. The number of rotatable bonds is 2. The van der Waals surface area contributed by atoms with E-state index in [1.54, 1.807) is 0 Å². The van der Waals surface area contributed by atoms with Crippen molar-refractivity contribution >= 4 is 5.69 Å². The Bertz CT molecular complexity index is 654. The topological polar surface area (TPSA) is 63.4 Å². The van der Waals surface area contributed by atoms with E-state index >= 15 is 0 Å². The highest BCUT2D eigenvalue weighted by Crippen LogP contribution is 2.19. The van der Waals surface area contributed by atoms with Crippen LogP contribution >= 0.6 is 0 Å². The maximum Gasteiger partial charge on any atom is 0.284 e. The van der Waals surface area contributed by atoms with Crippen LogP contribution in [-0.4, -0.2) is 10.0 Å². The van der Waals surface area contributed by atoms with E-state index in [4.69, 9.17) is 5.11 Å². The normalized spacial score (nSPS) is 9.53. The van der Waals surface area contributed by atoms with Crippen LogP contribution in [0, 0.1) is 22.0 Å². The Kier molecular flexibility index (Phi) is 3.91. The SMILES string of the molecule is O=[N+]([O-])c1ccc(CO)cc1C#Cc1ccccc1. The summed E-state index contributed by atoms with van der Waals surface area (Å²) in [6.45, 7) is -0.169. The summed E-state index contributed by atoms with van der Waals surface area (Å²) in [5.74, 6) is 5.65. The van der Waals surface area contributed by atoms with Crippen molar-refractivity contribution in [1.29, 1.82) is 0 Å². The Labute approximate surface area is 110 Å². The van der Waals surface area contributed by atoms with Crippen LogP contribution in [0.4, 0.5) is 5.69 Å². The zero-order valence-corrected chi connectivity index (χ0v) is 10.0. The molecular weight excluding hydrogens is 242 g/mol. The molecule has 1 N–H and O–H groups in total. The minimum atomic E-state index is -0.476. The molecule has 0 aliphatic heterocycles. The maximum absolute atomic E-state index is 10.9. The summed E-state index contributed by atoms with van der Waals surface area (Å²) in [6.07, 6.45) is 0. The van der Waals surface area contributed by atoms with Crippen molar-refractivity contribution in [3.63, 3.8) is 0 Å². The number of aliphatic hydroxyl groups excluding tert-OH is 1. The number of hydrogen-bond donors (Lipinski definition) is 1. The largest absolute Gasteiger partial charge is 0.392 e. The van der Waals surface area contributed by atoms with Crippen LogP contribution in [-0.2, 0) is 6.61 Å². The van der Waals surface area contributed by atoms with E-state index < -0.39 is 4.92 Å². The third kappa shape index (κ3) is 3.18. The molecule has 0 spiro atoms. The molecule has 2 rings (SSSR count). The van der Waals surface area contributed by atoms with Crippen LogP contribution < -0.4 is 0 Å². The van der Waals surface area contributed by atoms with Gasteiger partial charge in [-0.3, -0.25) is 10.1 Å². The van der Waals surface area contributed by atoms with Crippen molar-refractivity contribution < 1.29 is 10.0 Å². The second-order valence-electron chi connectivity index (χ2n) is 3.88. The van der Waals surface area contributed by atoms with Crippen molar-refractivity contribution in [3.05, 3.63) is 75.3 Å². The molecule has 0 atom stereocenters. The van der Waals surface area contributed by atoms with Crippen LogP contribution in [0.2, 0.25) is 0 Å². The van der Waals surface area contributed by atoms with Gasteiger partial charge in [0.2, 0.25) is 0 Å². The first-order chi connectivity index (χ1) is 9.20. The van der Waals surface area contributed by atoms with Gasteiger partial charge in [-0.15, -0.1) is 0 Å². The minimum Gasteiger partial charge on any atom is -0.392 e. The van der Waals surface area contributed by atoms with Crippen LogP contribution in [0.1, 0.15) is 16.7 Å². The summed E-state index contributed by atoms with van der Waals surface area (Å²) in [5, 5.41) is 20.0. The summed E-state index contributed by atoms with van der Waals surface area (Å²) < 4.78 is 0.